The number of benzene rings is 3. The van der Waals surface area contributed by atoms with Gasteiger partial charge in [0.2, 0.25) is 0 Å². The van der Waals surface area contributed by atoms with Crippen LogP contribution in [-0.2, 0) is 25.8 Å². The van der Waals surface area contributed by atoms with Crippen molar-refractivity contribution in [2.45, 2.75) is 110 Å². The van der Waals surface area contributed by atoms with E-state index in [9.17, 15) is 0 Å². The van der Waals surface area contributed by atoms with E-state index in [-0.39, 0.29) is 12.1 Å². The van der Waals surface area contributed by atoms with E-state index in [0.29, 0.717) is 0 Å². The van der Waals surface area contributed by atoms with E-state index in [2.05, 4.69) is 138 Å². The summed E-state index contributed by atoms with van der Waals surface area (Å²) >= 11 is 0. The highest BCUT2D eigenvalue weighted by molar-refractivity contribution is 5.94. The quantitative estimate of drug-likeness (QED) is 0.0439. The van der Waals surface area contributed by atoms with Gasteiger partial charge in [-0.2, -0.15) is 0 Å². The van der Waals surface area contributed by atoms with Crippen LogP contribution in [0.1, 0.15) is 109 Å². The van der Waals surface area contributed by atoms with Crippen LogP contribution in [-0.4, -0.2) is 41.3 Å². The third-order valence-electron chi connectivity index (χ3n) is 12.6. The van der Waals surface area contributed by atoms with Crippen LogP contribution in [0.2, 0.25) is 0 Å². The second kappa shape index (κ2) is 21.3. The number of rotatable bonds is 21. The smallest absolute Gasteiger partial charge is 0.109 e. The number of nitrogens with zero attached hydrogens (tertiary/aromatic N) is 3. The van der Waals surface area contributed by atoms with E-state index < -0.39 is 0 Å². The van der Waals surface area contributed by atoms with Crippen LogP contribution in [0, 0.1) is 13.8 Å². The summed E-state index contributed by atoms with van der Waals surface area (Å²) in [6, 6.07) is 18.4. The van der Waals surface area contributed by atoms with Crippen molar-refractivity contribution < 1.29 is 0 Å². The minimum Gasteiger partial charge on any atom is -0.389 e. The van der Waals surface area contributed by atoms with E-state index >= 15 is 0 Å². The fraction of sp³-hybridized carbons (Fsp3) is 0.389. The second-order valence-electron chi connectivity index (χ2n) is 17.1. The van der Waals surface area contributed by atoms with Crippen molar-refractivity contribution in [1.82, 2.24) is 30.1 Å². The number of allylic oxidation sites excluding steroid dienone is 3. The number of nitrogens with one attached hydrogen (secondary N) is 4. The molecule has 3 heterocycles. The minimum absolute atomic E-state index is 0.148. The van der Waals surface area contributed by atoms with E-state index in [1.165, 1.54) is 51.2 Å². The molecule has 1 aliphatic heterocycles. The highest BCUT2D eigenvalue weighted by Gasteiger charge is 2.25. The number of unbranched alkanes of at least 4 members (excludes halogenated alkanes) is 2. The first kappa shape index (κ1) is 45.0. The zero-order chi connectivity index (χ0) is 43.5. The highest BCUT2D eigenvalue weighted by Crippen LogP contribution is 2.36. The van der Waals surface area contributed by atoms with Gasteiger partial charge in [-0.3, -0.25) is 0 Å². The predicted molar refractivity (Wildman–Crippen MR) is 263 cm³/mol. The van der Waals surface area contributed by atoms with Crippen molar-refractivity contribution in [3.63, 3.8) is 0 Å². The van der Waals surface area contributed by atoms with Crippen molar-refractivity contribution in [3.8, 4) is 11.3 Å². The van der Waals surface area contributed by atoms with E-state index in [1.807, 2.05) is 26.2 Å². The molecule has 0 amide bonds. The molecule has 0 fully saturated rings. The monoisotopic (exact) mass is 818 g/mol. The number of fused-ring (bicyclic) bond motifs is 3. The van der Waals surface area contributed by atoms with Gasteiger partial charge in [-0.1, -0.05) is 62.7 Å². The van der Waals surface area contributed by atoms with Gasteiger partial charge < -0.3 is 30.4 Å². The molecule has 3 aromatic carbocycles. The minimum atomic E-state index is 0.148. The Kier molecular flexibility index (Phi) is 15.7. The summed E-state index contributed by atoms with van der Waals surface area (Å²) in [6.07, 6.45) is 18.9. The molecule has 2 aliphatic rings. The second-order valence-corrected chi connectivity index (χ2v) is 17.1. The summed E-state index contributed by atoms with van der Waals surface area (Å²) in [6.45, 7) is 33.2. The van der Waals surface area contributed by atoms with Crippen LogP contribution in [0.4, 0.5) is 5.69 Å². The number of hydrogen-bond donors (Lipinski definition) is 4. The van der Waals surface area contributed by atoms with Gasteiger partial charge in [0.15, 0.2) is 0 Å². The highest BCUT2D eigenvalue weighted by atomic mass is 15.1. The van der Waals surface area contributed by atoms with Gasteiger partial charge in [-0.05, 0) is 156 Å². The zero-order valence-electron chi connectivity index (χ0n) is 37.7. The van der Waals surface area contributed by atoms with Gasteiger partial charge in [-0.15, -0.1) is 13.2 Å². The van der Waals surface area contributed by atoms with Crippen LogP contribution in [0.25, 0.3) is 40.9 Å². The molecule has 322 valence electrons. The topological polar surface area (TPSA) is 70.9 Å². The maximum absolute atomic E-state index is 4.95. The fourth-order valence-electron chi connectivity index (χ4n) is 9.15. The molecular formula is C54H71N7. The lowest BCUT2D eigenvalue weighted by molar-refractivity contribution is 0.547. The Balaban J connectivity index is 0.00000201. The van der Waals surface area contributed by atoms with Gasteiger partial charge in [-0.25, -0.2) is 4.98 Å². The summed E-state index contributed by atoms with van der Waals surface area (Å²) in [4.78, 5) is 4.95. The van der Waals surface area contributed by atoms with E-state index in [4.69, 9.17) is 4.98 Å². The number of aromatic nitrogens is 3. The molecule has 2 atom stereocenters. The lowest BCUT2D eigenvalue weighted by Crippen LogP contribution is -2.28. The molecule has 0 saturated heterocycles. The molecule has 1 aliphatic carbocycles. The first-order chi connectivity index (χ1) is 29.6. The van der Waals surface area contributed by atoms with E-state index in [1.54, 1.807) is 0 Å². The number of hydrogen-bond acceptors (Lipinski definition) is 5. The third kappa shape index (κ3) is 10.7. The summed E-state index contributed by atoms with van der Waals surface area (Å²) in [5.74, 6) is 1.22. The number of imidazole rings is 1. The molecule has 0 bridgehead atoms. The molecule has 0 spiro atoms. The fourth-order valence-corrected chi connectivity index (χ4v) is 9.15. The first-order valence-corrected chi connectivity index (χ1v) is 22.6. The summed E-state index contributed by atoms with van der Waals surface area (Å²) in [7, 11) is 3.75. The summed E-state index contributed by atoms with van der Waals surface area (Å²) in [5.41, 5.74) is 13.7. The molecule has 2 unspecified atom stereocenters. The van der Waals surface area contributed by atoms with Crippen LogP contribution in [0.5, 0.6) is 0 Å². The van der Waals surface area contributed by atoms with Gasteiger partial charge in [0.1, 0.15) is 5.82 Å². The largest absolute Gasteiger partial charge is 0.389 e. The maximum atomic E-state index is 4.95. The summed E-state index contributed by atoms with van der Waals surface area (Å²) < 4.78 is 4.55. The zero-order valence-corrected chi connectivity index (χ0v) is 37.7. The van der Waals surface area contributed by atoms with Gasteiger partial charge >= 0.3 is 0 Å². The SMILES string of the molecule is C=CCCC(C=C)n1c(=C)c2cccc(NCCCCC(=C)NCCCCc3cc(C(=C)NC4CCc5ccc(-c6cn7c(n6)CCC7)cc54)cc(C)c3C)c2c1=C.CNC. The van der Waals surface area contributed by atoms with Crippen LogP contribution < -0.4 is 32.0 Å². The van der Waals surface area contributed by atoms with Crippen molar-refractivity contribution >= 4 is 35.3 Å². The Hall–Kier alpha value is -5.53. The van der Waals surface area contributed by atoms with E-state index in [0.717, 1.165) is 135 Å². The van der Waals surface area contributed by atoms with Crippen LogP contribution in [0.15, 0.2) is 98.9 Å². The van der Waals surface area contributed by atoms with Crippen molar-refractivity contribution in [2.24, 2.45) is 0 Å². The molecular weight excluding hydrogens is 747 g/mol. The molecule has 7 nitrogen and oxygen atoms in total. The molecule has 7 heteroatoms. The van der Waals surface area contributed by atoms with Gasteiger partial charge in [0.05, 0.1) is 17.8 Å². The number of anilines is 1. The Morgan fingerprint density at radius 3 is 2.52 bits per heavy atom. The lowest BCUT2D eigenvalue weighted by atomic mass is 9.94. The molecule has 0 saturated carbocycles. The normalized spacial score (nSPS) is 14.5. The molecule has 0 radical (unpaired) electrons. The maximum Gasteiger partial charge on any atom is 0.109 e. The average Bonchev–Trinajstić information content (AvgIpc) is 4.03. The predicted octanol–water partition coefficient (Wildman–Crippen LogP) is 10.4. The first-order valence-electron chi connectivity index (χ1n) is 22.6. The van der Waals surface area contributed by atoms with Crippen LogP contribution >= 0.6 is 0 Å². The van der Waals surface area contributed by atoms with Gasteiger partial charge in [0.25, 0.3) is 0 Å². The Bertz CT molecular complexity index is 2420. The van der Waals surface area contributed by atoms with Crippen LogP contribution in [0.3, 0.4) is 0 Å². The Labute approximate surface area is 366 Å². The van der Waals surface area contributed by atoms with Crippen molar-refractivity contribution in [2.75, 3.05) is 32.5 Å². The van der Waals surface area contributed by atoms with Gasteiger partial charge in [0, 0.05) is 76.4 Å². The third-order valence-corrected chi connectivity index (χ3v) is 12.6. The summed E-state index contributed by atoms with van der Waals surface area (Å²) in [5, 5.41) is 18.2. The Morgan fingerprint density at radius 2 is 1.75 bits per heavy atom. The molecule has 2 aromatic heterocycles. The molecule has 4 N–H and O–H groups in total. The number of aryl methyl sites for hydroxylation is 5. The Morgan fingerprint density at radius 1 is 0.951 bits per heavy atom. The molecule has 61 heavy (non-hydrogen) atoms. The lowest BCUT2D eigenvalue weighted by Gasteiger charge is -2.20. The van der Waals surface area contributed by atoms with Crippen molar-refractivity contribution in [3.05, 3.63) is 149 Å². The average molecular weight is 818 g/mol. The van der Waals surface area contributed by atoms with Crippen molar-refractivity contribution in [1.29, 1.82) is 0 Å². The molecule has 5 aromatic rings. The molecule has 7 rings (SSSR count). The standard InChI is InChI=1S/C52H64N6.C2H7N/c1-9-11-20-45(10-2)58-39(7)46-21-16-22-49(52(46)40(58)8)54-29-14-12-18-36(4)53-28-15-13-19-42-32-44(31-35(3)37(42)5)38(6)55-48-27-26-41-24-25-43(33-47(41)48)50-34-57-30-17-23-51(57)56-50;1-3-2/h9-10,16,21-22,24-25,31-34,45,48,53-55H,1-2,4,6-8,11-15,17-20,23,26-30H2,3,5H3;3H,1-2H3.